The van der Waals surface area contributed by atoms with E-state index in [4.69, 9.17) is 21.3 Å². The number of benzene rings is 1. The van der Waals surface area contributed by atoms with Gasteiger partial charge in [0.15, 0.2) is 5.65 Å². The summed E-state index contributed by atoms with van der Waals surface area (Å²) in [5.74, 6) is 6.44. The molecule has 0 spiro atoms. The maximum absolute atomic E-state index is 10.6. The molecular formula is C22H23N5O3. The zero-order chi connectivity index (χ0) is 21.7. The monoisotopic (exact) mass is 405 g/mol. The largest absolute Gasteiger partial charge is 0.496 e. The summed E-state index contributed by atoms with van der Waals surface area (Å²) in [6.45, 7) is 1.95. The molecule has 0 fully saturated rings. The average Bonchev–Trinajstić information content (AvgIpc) is 2.69. The number of nitrogens with zero attached hydrogens (tertiary/aromatic N) is 3. The molecule has 8 heteroatoms. The topological polar surface area (TPSA) is 137 Å². The van der Waals surface area contributed by atoms with E-state index in [1.54, 1.807) is 13.3 Å². The number of carboxylic acids is 1. The Labute approximate surface area is 174 Å². The molecule has 0 bridgehead atoms. The standard InChI is InChI=1S/C22H23N5O3/c1-13-16(12-25-21-19(13)20(23)26-22(24)27-21)11-15-10-14(8-9-17(15)30-2)6-4-3-5-7-18(28)29/h8-10,12H,3,5,7,11H2,1-2H3,(H,28,29)(H4,23,24,25,26,27). The van der Waals surface area contributed by atoms with Crippen molar-refractivity contribution < 1.29 is 14.6 Å². The molecule has 0 aliphatic carbocycles. The number of aryl methyl sites for hydroxylation is 1. The van der Waals surface area contributed by atoms with Gasteiger partial charge in [0.05, 0.1) is 12.5 Å². The van der Waals surface area contributed by atoms with Crippen molar-refractivity contribution in [2.75, 3.05) is 18.6 Å². The van der Waals surface area contributed by atoms with Crippen LogP contribution in [-0.2, 0) is 11.2 Å². The number of nitrogens with two attached hydrogens (primary N) is 2. The molecule has 2 heterocycles. The fourth-order valence-corrected chi connectivity index (χ4v) is 3.20. The van der Waals surface area contributed by atoms with E-state index < -0.39 is 5.97 Å². The normalized spacial score (nSPS) is 10.5. The molecule has 1 aromatic carbocycles. The van der Waals surface area contributed by atoms with Gasteiger partial charge < -0.3 is 21.3 Å². The van der Waals surface area contributed by atoms with Crippen LogP contribution in [-0.4, -0.2) is 33.1 Å². The Morgan fingerprint density at radius 3 is 2.77 bits per heavy atom. The van der Waals surface area contributed by atoms with E-state index in [1.807, 2.05) is 25.1 Å². The fourth-order valence-electron chi connectivity index (χ4n) is 3.20. The van der Waals surface area contributed by atoms with E-state index in [2.05, 4.69) is 26.8 Å². The van der Waals surface area contributed by atoms with Crippen molar-refractivity contribution in [1.29, 1.82) is 0 Å². The number of fused-ring (bicyclic) bond motifs is 1. The van der Waals surface area contributed by atoms with Gasteiger partial charge in [-0.2, -0.15) is 9.97 Å². The zero-order valence-electron chi connectivity index (χ0n) is 16.9. The second-order valence-corrected chi connectivity index (χ2v) is 6.83. The molecule has 0 amide bonds. The highest BCUT2D eigenvalue weighted by Gasteiger charge is 2.13. The number of hydrogen-bond acceptors (Lipinski definition) is 7. The fraction of sp³-hybridized carbons (Fsp3) is 0.273. The number of aromatic nitrogens is 3. The summed E-state index contributed by atoms with van der Waals surface area (Å²) in [6.07, 6.45) is 3.50. The quantitative estimate of drug-likeness (QED) is 0.420. The van der Waals surface area contributed by atoms with Gasteiger partial charge in [-0.25, -0.2) is 4.98 Å². The van der Waals surface area contributed by atoms with Crippen molar-refractivity contribution >= 4 is 28.8 Å². The van der Waals surface area contributed by atoms with Gasteiger partial charge in [-0.05, 0) is 48.2 Å². The van der Waals surface area contributed by atoms with Crippen LogP contribution in [0.3, 0.4) is 0 Å². The van der Waals surface area contributed by atoms with Crippen LogP contribution in [0.25, 0.3) is 11.0 Å². The third kappa shape index (κ3) is 4.75. The number of ether oxygens (including phenoxy) is 1. The summed E-state index contributed by atoms with van der Waals surface area (Å²) in [4.78, 5) is 23.2. The van der Waals surface area contributed by atoms with Gasteiger partial charge in [0.2, 0.25) is 5.95 Å². The lowest BCUT2D eigenvalue weighted by atomic mass is 9.98. The highest BCUT2D eigenvalue weighted by Crippen LogP contribution is 2.28. The highest BCUT2D eigenvalue weighted by molar-refractivity contribution is 5.90. The number of carbonyl (C=O) groups is 1. The smallest absolute Gasteiger partial charge is 0.303 e. The van der Waals surface area contributed by atoms with Crippen LogP contribution >= 0.6 is 0 Å². The minimum Gasteiger partial charge on any atom is -0.496 e. The second-order valence-electron chi connectivity index (χ2n) is 6.83. The first-order valence-electron chi connectivity index (χ1n) is 9.43. The summed E-state index contributed by atoms with van der Waals surface area (Å²) in [5.41, 5.74) is 15.9. The van der Waals surface area contributed by atoms with Crippen LogP contribution < -0.4 is 16.2 Å². The van der Waals surface area contributed by atoms with Gasteiger partial charge in [-0.3, -0.25) is 4.79 Å². The third-order valence-electron chi connectivity index (χ3n) is 4.72. The number of rotatable bonds is 6. The van der Waals surface area contributed by atoms with Gasteiger partial charge in [-0.15, -0.1) is 0 Å². The predicted molar refractivity (Wildman–Crippen MR) is 115 cm³/mol. The molecule has 0 atom stereocenters. The van der Waals surface area contributed by atoms with Gasteiger partial charge >= 0.3 is 5.97 Å². The summed E-state index contributed by atoms with van der Waals surface area (Å²) in [5, 5.41) is 9.38. The molecular weight excluding hydrogens is 382 g/mol. The van der Waals surface area contributed by atoms with Crippen LogP contribution in [0.5, 0.6) is 5.75 Å². The van der Waals surface area contributed by atoms with Crippen LogP contribution in [0.2, 0.25) is 0 Å². The molecule has 8 nitrogen and oxygen atoms in total. The number of methoxy groups -OCH3 is 1. The lowest BCUT2D eigenvalue weighted by Gasteiger charge is -2.13. The molecule has 154 valence electrons. The van der Waals surface area contributed by atoms with Crippen LogP contribution in [0, 0.1) is 18.8 Å². The first kappa shape index (κ1) is 20.9. The molecule has 30 heavy (non-hydrogen) atoms. The molecule has 0 saturated carbocycles. The molecule has 0 aliphatic heterocycles. The molecule has 3 rings (SSSR count). The third-order valence-corrected chi connectivity index (χ3v) is 4.72. The van der Waals surface area contributed by atoms with Crippen molar-refractivity contribution in [1.82, 2.24) is 15.0 Å². The molecule has 0 radical (unpaired) electrons. The van der Waals surface area contributed by atoms with Crippen molar-refractivity contribution in [3.63, 3.8) is 0 Å². The number of hydrogen-bond donors (Lipinski definition) is 3. The SMILES string of the molecule is COc1ccc(C#CCCCC(=O)O)cc1Cc1cnc2nc(N)nc(N)c2c1C. The summed E-state index contributed by atoms with van der Waals surface area (Å²) in [7, 11) is 1.62. The Morgan fingerprint density at radius 2 is 2.03 bits per heavy atom. The number of carboxylic acid groups (broad SMARTS) is 1. The molecule has 0 saturated heterocycles. The minimum absolute atomic E-state index is 0.0935. The Bertz CT molecular complexity index is 1160. The number of aliphatic carboxylic acids is 1. The van der Waals surface area contributed by atoms with Gasteiger partial charge in [-0.1, -0.05) is 11.8 Å². The van der Waals surface area contributed by atoms with E-state index >= 15 is 0 Å². The van der Waals surface area contributed by atoms with Gasteiger partial charge in [0.1, 0.15) is 11.6 Å². The van der Waals surface area contributed by atoms with E-state index in [0.717, 1.165) is 28.0 Å². The van der Waals surface area contributed by atoms with E-state index in [1.165, 1.54) is 0 Å². The van der Waals surface area contributed by atoms with Gasteiger partial charge in [0.25, 0.3) is 0 Å². The Balaban J connectivity index is 1.89. The van der Waals surface area contributed by atoms with Crippen molar-refractivity contribution in [2.24, 2.45) is 0 Å². The Morgan fingerprint density at radius 1 is 1.23 bits per heavy atom. The van der Waals surface area contributed by atoms with Crippen molar-refractivity contribution in [2.45, 2.75) is 32.6 Å². The molecule has 0 unspecified atom stereocenters. The number of unbranched alkanes of at least 4 members (excludes halogenated alkanes) is 1. The average molecular weight is 405 g/mol. The van der Waals surface area contributed by atoms with E-state index in [0.29, 0.717) is 36.1 Å². The number of pyridine rings is 1. The lowest BCUT2D eigenvalue weighted by Crippen LogP contribution is -2.05. The Hall–Kier alpha value is -3.86. The van der Waals surface area contributed by atoms with E-state index in [9.17, 15) is 4.79 Å². The van der Waals surface area contributed by atoms with E-state index in [-0.39, 0.29) is 12.4 Å². The maximum atomic E-state index is 10.6. The number of anilines is 2. The molecule has 3 aromatic rings. The summed E-state index contributed by atoms with van der Waals surface area (Å²) in [6, 6.07) is 5.72. The van der Waals surface area contributed by atoms with Crippen LogP contribution in [0.15, 0.2) is 24.4 Å². The zero-order valence-corrected chi connectivity index (χ0v) is 16.9. The van der Waals surface area contributed by atoms with Crippen molar-refractivity contribution in [3.05, 3.63) is 46.6 Å². The maximum Gasteiger partial charge on any atom is 0.303 e. The summed E-state index contributed by atoms with van der Waals surface area (Å²) < 4.78 is 5.51. The second kappa shape index (κ2) is 9.09. The lowest BCUT2D eigenvalue weighted by molar-refractivity contribution is -0.137. The van der Waals surface area contributed by atoms with Crippen LogP contribution in [0.4, 0.5) is 11.8 Å². The minimum atomic E-state index is -0.809. The Kier molecular flexibility index (Phi) is 6.32. The molecule has 0 aliphatic rings. The first-order chi connectivity index (χ1) is 14.4. The number of nitrogen functional groups attached to an aromatic ring is 2. The molecule has 2 aromatic heterocycles. The van der Waals surface area contributed by atoms with Crippen LogP contribution in [0.1, 0.15) is 41.5 Å². The first-order valence-corrected chi connectivity index (χ1v) is 9.43. The van der Waals surface area contributed by atoms with Gasteiger partial charge in [0, 0.05) is 31.0 Å². The highest BCUT2D eigenvalue weighted by atomic mass is 16.5. The summed E-state index contributed by atoms with van der Waals surface area (Å²) >= 11 is 0. The van der Waals surface area contributed by atoms with Crippen molar-refractivity contribution in [3.8, 4) is 17.6 Å². The predicted octanol–water partition coefficient (Wildman–Crippen LogP) is 2.70. The molecule has 5 N–H and O–H groups in total.